The van der Waals surface area contributed by atoms with Crippen molar-refractivity contribution in [2.75, 3.05) is 18.0 Å². The molecule has 3 rings (SSSR count). The van der Waals surface area contributed by atoms with Gasteiger partial charge < -0.3 is 10.0 Å². The van der Waals surface area contributed by atoms with Crippen LogP contribution >= 0.6 is 11.6 Å². The molecule has 104 valence electrons. The van der Waals surface area contributed by atoms with Crippen molar-refractivity contribution in [3.8, 4) is 11.3 Å². The molecule has 0 bridgehead atoms. The van der Waals surface area contributed by atoms with Gasteiger partial charge in [-0.2, -0.15) is 4.39 Å². The van der Waals surface area contributed by atoms with Crippen molar-refractivity contribution in [3.63, 3.8) is 0 Å². The summed E-state index contributed by atoms with van der Waals surface area (Å²) in [6.45, 7) is 1.24. The Morgan fingerprint density at radius 2 is 2.20 bits per heavy atom. The number of anilines is 1. The van der Waals surface area contributed by atoms with Gasteiger partial charge >= 0.3 is 0 Å². The molecule has 0 aliphatic carbocycles. The summed E-state index contributed by atoms with van der Waals surface area (Å²) >= 11 is 5.94. The van der Waals surface area contributed by atoms with Gasteiger partial charge in [-0.05, 0) is 30.2 Å². The maximum absolute atomic E-state index is 12.8. The van der Waals surface area contributed by atoms with E-state index in [0.717, 1.165) is 6.54 Å². The zero-order valence-electron chi connectivity index (χ0n) is 10.5. The summed E-state index contributed by atoms with van der Waals surface area (Å²) in [6.07, 6.45) is 1.76. The number of aromatic nitrogens is 3. The van der Waals surface area contributed by atoms with Gasteiger partial charge in [0, 0.05) is 30.9 Å². The van der Waals surface area contributed by atoms with E-state index >= 15 is 0 Å². The third kappa shape index (κ3) is 2.71. The minimum Gasteiger partial charge on any atom is -0.391 e. The van der Waals surface area contributed by atoms with Crippen LogP contribution in [0.15, 0.2) is 24.4 Å². The number of hydrogen-bond donors (Lipinski definition) is 1. The van der Waals surface area contributed by atoms with Crippen LogP contribution in [0.4, 0.5) is 10.2 Å². The summed E-state index contributed by atoms with van der Waals surface area (Å²) in [7, 11) is 0. The van der Waals surface area contributed by atoms with E-state index in [9.17, 15) is 9.50 Å². The molecular formula is C13H12ClFN4O. The summed E-state index contributed by atoms with van der Waals surface area (Å²) in [6, 6.07) is 4.62. The first-order chi connectivity index (χ1) is 9.61. The number of rotatable bonds is 2. The molecule has 2 aromatic rings. The molecule has 0 amide bonds. The molecule has 1 fully saturated rings. The number of hydrogen-bond acceptors (Lipinski definition) is 5. The fourth-order valence-corrected chi connectivity index (χ4v) is 2.37. The lowest BCUT2D eigenvalue weighted by Crippen LogP contribution is -2.22. The van der Waals surface area contributed by atoms with Gasteiger partial charge in [-0.25, -0.2) is 15.0 Å². The van der Waals surface area contributed by atoms with Crippen LogP contribution in [0.5, 0.6) is 0 Å². The first-order valence-electron chi connectivity index (χ1n) is 6.21. The van der Waals surface area contributed by atoms with Crippen LogP contribution in [-0.2, 0) is 0 Å². The van der Waals surface area contributed by atoms with Crippen LogP contribution in [0.2, 0.25) is 5.28 Å². The molecule has 7 heteroatoms. The monoisotopic (exact) mass is 294 g/mol. The predicted octanol–water partition coefficient (Wildman–Crippen LogP) is 1.90. The van der Waals surface area contributed by atoms with Crippen molar-refractivity contribution >= 4 is 17.4 Å². The van der Waals surface area contributed by atoms with Gasteiger partial charge in [-0.3, -0.25) is 0 Å². The van der Waals surface area contributed by atoms with Crippen molar-refractivity contribution < 1.29 is 9.50 Å². The van der Waals surface area contributed by atoms with Gasteiger partial charge in [-0.1, -0.05) is 0 Å². The molecule has 1 N–H and O–H groups in total. The molecule has 2 aromatic heterocycles. The molecule has 3 heterocycles. The SMILES string of the molecule is OC1CCN(c2cc(-c3ccc(F)nc3)nc(Cl)n2)C1. The van der Waals surface area contributed by atoms with E-state index in [1.165, 1.54) is 12.3 Å². The molecule has 0 saturated carbocycles. The van der Waals surface area contributed by atoms with Gasteiger partial charge in [0.2, 0.25) is 11.2 Å². The van der Waals surface area contributed by atoms with E-state index < -0.39 is 5.95 Å². The molecule has 1 aliphatic rings. The minimum absolute atomic E-state index is 0.114. The van der Waals surface area contributed by atoms with Crippen molar-refractivity contribution in [2.24, 2.45) is 0 Å². The highest BCUT2D eigenvalue weighted by atomic mass is 35.5. The number of β-amino-alcohol motifs (C(OH)–C–C–N with tert-alkyl or cyclic N) is 1. The average Bonchev–Trinajstić information content (AvgIpc) is 2.85. The smallest absolute Gasteiger partial charge is 0.224 e. The summed E-state index contributed by atoms with van der Waals surface area (Å²) in [5, 5.41) is 9.69. The van der Waals surface area contributed by atoms with E-state index in [1.54, 1.807) is 12.1 Å². The van der Waals surface area contributed by atoms with Crippen LogP contribution in [0, 0.1) is 5.95 Å². The van der Waals surface area contributed by atoms with E-state index in [4.69, 9.17) is 11.6 Å². The number of aliphatic hydroxyl groups excluding tert-OH is 1. The Kier molecular flexibility index (Phi) is 3.50. The van der Waals surface area contributed by atoms with Crippen LogP contribution < -0.4 is 4.90 Å². The average molecular weight is 295 g/mol. The lowest BCUT2D eigenvalue weighted by molar-refractivity contribution is 0.198. The van der Waals surface area contributed by atoms with Crippen molar-refractivity contribution in [2.45, 2.75) is 12.5 Å². The van der Waals surface area contributed by atoms with E-state index in [2.05, 4.69) is 15.0 Å². The maximum atomic E-state index is 12.8. The van der Waals surface area contributed by atoms with Gasteiger partial charge in [0.1, 0.15) is 5.82 Å². The third-order valence-corrected chi connectivity index (χ3v) is 3.36. The Morgan fingerprint density at radius 1 is 1.35 bits per heavy atom. The van der Waals surface area contributed by atoms with Gasteiger partial charge in [0.15, 0.2) is 0 Å². The second-order valence-electron chi connectivity index (χ2n) is 4.64. The minimum atomic E-state index is -0.545. The normalized spacial score (nSPS) is 18.6. The summed E-state index contributed by atoms with van der Waals surface area (Å²) in [5.41, 5.74) is 1.24. The highest BCUT2D eigenvalue weighted by Crippen LogP contribution is 2.25. The van der Waals surface area contributed by atoms with Crippen molar-refractivity contribution in [1.29, 1.82) is 0 Å². The van der Waals surface area contributed by atoms with Crippen LogP contribution in [0.3, 0.4) is 0 Å². The molecule has 5 nitrogen and oxygen atoms in total. The maximum Gasteiger partial charge on any atom is 0.224 e. The number of aliphatic hydroxyl groups is 1. The number of pyridine rings is 1. The fraction of sp³-hybridized carbons (Fsp3) is 0.308. The molecule has 1 atom stereocenters. The number of halogens is 2. The second kappa shape index (κ2) is 5.30. The number of nitrogens with zero attached hydrogens (tertiary/aromatic N) is 4. The van der Waals surface area contributed by atoms with Crippen LogP contribution in [0.1, 0.15) is 6.42 Å². The molecular weight excluding hydrogens is 283 g/mol. The second-order valence-corrected chi connectivity index (χ2v) is 4.98. The molecule has 1 aliphatic heterocycles. The summed E-state index contributed by atoms with van der Waals surface area (Å²) in [5.74, 6) is 0.109. The van der Waals surface area contributed by atoms with E-state index in [0.29, 0.717) is 30.0 Å². The first kappa shape index (κ1) is 13.2. The molecule has 0 radical (unpaired) electrons. The Labute approximate surface area is 120 Å². The van der Waals surface area contributed by atoms with Crippen LogP contribution in [-0.4, -0.2) is 39.3 Å². The summed E-state index contributed by atoms with van der Waals surface area (Å²) < 4.78 is 12.8. The van der Waals surface area contributed by atoms with Gasteiger partial charge in [0.25, 0.3) is 0 Å². The van der Waals surface area contributed by atoms with Gasteiger partial charge in [-0.15, -0.1) is 0 Å². The van der Waals surface area contributed by atoms with Gasteiger partial charge in [0.05, 0.1) is 11.8 Å². The van der Waals surface area contributed by atoms with Crippen molar-refractivity contribution in [1.82, 2.24) is 15.0 Å². The first-order valence-corrected chi connectivity index (χ1v) is 6.59. The third-order valence-electron chi connectivity index (χ3n) is 3.20. The zero-order chi connectivity index (χ0) is 14.1. The Bertz CT molecular complexity index is 622. The molecule has 1 saturated heterocycles. The van der Waals surface area contributed by atoms with Crippen molar-refractivity contribution in [3.05, 3.63) is 35.6 Å². The molecule has 1 unspecified atom stereocenters. The zero-order valence-corrected chi connectivity index (χ0v) is 11.3. The molecule has 20 heavy (non-hydrogen) atoms. The topological polar surface area (TPSA) is 62.1 Å². The van der Waals surface area contributed by atoms with Crippen LogP contribution in [0.25, 0.3) is 11.3 Å². The molecule has 0 aromatic carbocycles. The lowest BCUT2D eigenvalue weighted by Gasteiger charge is -2.17. The fourth-order valence-electron chi connectivity index (χ4n) is 2.19. The predicted molar refractivity (Wildman–Crippen MR) is 73.1 cm³/mol. The van der Waals surface area contributed by atoms with E-state index in [1.807, 2.05) is 4.90 Å². The standard InChI is InChI=1S/C13H12ClFN4O/c14-13-17-10(8-1-2-11(15)16-6-8)5-12(18-13)19-4-3-9(20)7-19/h1-2,5-6,9,20H,3-4,7H2. The van der Waals surface area contributed by atoms with E-state index in [-0.39, 0.29) is 11.4 Å². The Hall–Kier alpha value is -1.79. The largest absolute Gasteiger partial charge is 0.391 e. The summed E-state index contributed by atoms with van der Waals surface area (Å²) in [4.78, 5) is 13.8. The highest BCUT2D eigenvalue weighted by Gasteiger charge is 2.22. The Balaban J connectivity index is 1.96. The molecule has 0 spiro atoms. The Morgan fingerprint density at radius 3 is 2.85 bits per heavy atom. The quantitative estimate of drug-likeness (QED) is 0.677. The highest BCUT2D eigenvalue weighted by molar-refractivity contribution is 6.28. The lowest BCUT2D eigenvalue weighted by atomic mass is 10.2.